The molecule has 2 amide bonds. The number of nitrogens with one attached hydrogen (secondary N) is 2. The lowest BCUT2D eigenvalue weighted by Crippen LogP contribution is -2.25. The Labute approximate surface area is 175 Å². The number of carbonyl (C=O) groups excluding carboxylic acids is 2. The maximum absolute atomic E-state index is 12.6. The third kappa shape index (κ3) is 7.52. The minimum Gasteiger partial charge on any atom is -0.326 e. The lowest BCUT2D eigenvalue weighted by molar-refractivity contribution is -0.118. The fourth-order valence-corrected chi connectivity index (χ4v) is 3.60. The number of thioether (sulfide) groups is 1. The average Bonchev–Trinajstić information content (AvgIpc) is 2.60. The standard InChI is InChI=1S/C21H26ClN3O2S/c1-5-17(20(27)25-18-10-9-14(22)13-23-18)28-16-8-6-7-15(11-16)24-19(26)12-21(2,3)4/h6-11,13,17H,5,12H2,1-4H3,(H,24,26)(H,23,25,27). The molecule has 2 N–H and O–H groups in total. The first kappa shape index (κ1) is 22.2. The molecule has 0 radical (unpaired) electrons. The van der Waals surface area contributed by atoms with Crippen LogP contribution in [0.25, 0.3) is 0 Å². The van der Waals surface area contributed by atoms with Gasteiger partial charge in [-0.05, 0) is 42.2 Å². The lowest BCUT2D eigenvalue weighted by atomic mass is 9.92. The highest BCUT2D eigenvalue weighted by Crippen LogP contribution is 2.29. The van der Waals surface area contributed by atoms with Crippen molar-refractivity contribution in [2.24, 2.45) is 5.41 Å². The predicted octanol–water partition coefficient (Wildman–Crippen LogP) is 5.62. The van der Waals surface area contributed by atoms with Crippen LogP contribution in [-0.4, -0.2) is 22.0 Å². The van der Waals surface area contributed by atoms with Crippen molar-refractivity contribution in [3.05, 3.63) is 47.6 Å². The molecule has 0 bridgehead atoms. The zero-order valence-electron chi connectivity index (χ0n) is 16.6. The van der Waals surface area contributed by atoms with Crippen LogP contribution in [0, 0.1) is 5.41 Å². The van der Waals surface area contributed by atoms with Crippen molar-refractivity contribution in [2.45, 2.75) is 50.7 Å². The molecule has 1 heterocycles. The maximum atomic E-state index is 12.6. The topological polar surface area (TPSA) is 71.1 Å². The van der Waals surface area contributed by atoms with E-state index in [-0.39, 0.29) is 22.5 Å². The summed E-state index contributed by atoms with van der Waals surface area (Å²) in [5.41, 5.74) is 0.659. The van der Waals surface area contributed by atoms with Crippen molar-refractivity contribution in [2.75, 3.05) is 10.6 Å². The van der Waals surface area contributed by atoms with E-state index in [1.54, 1.807) is 12.1 Å². The van der Waals surface area contributed by atoms with Gasteiger partial charge in [-0.3, -0.25) is 9.59 Å². The van der Waals surface area contributed by atoms with E-state index in [9.17, 15) is 9.59 Å². The van der Waals surface area contributed by atoms with Crippen LogP contribution in [-0.2, 0) is 9.59 Å². The second-order valence-corrected chi connectivity index (χ2v) is 9.39. The molecular formula is C21H26ClN3O2S. The molecule has 0 spiro atoms. The van der Waals surface area contributed by atoms with Crippen LogP contribution in [0.1, 0.15) is 40.5 Å². The van der Waals surface area contributed by atoms with Gasteiger partial charge in [0.15, 0.2) is 0 Å². The zero-order chi connectivity index (χ0) is 20.7. The van der Waals surface area contributed by atoms with Gasteiger partial charge in [0.2, 0.25) is 11.8 Å². The predicted molar refractivity (Wildman–Crippen MR) is 117 cm³/mol. The SMILES string of the molecule is CCC(Sc1cccc(NC(=O)CC(C)(C)C)c1)C(=O)Nc1ccc(Cl)cn1. The first-order chi connectivity index (χ1) is 13.2. The number of hydrogen-bond donors (Lipinski definition) is 2. The molecule has 28 heavy (non-hydrogen) atoms. The quantitative estimate of drug-likeness (QED) is 0.571. The first-order valence-electron chi connectivity index (χ1n) is 9.15. The molecule has 0 aliphatic heterocycles. The number of benzene rings is 1. The highest BCUT2D eigenvalue weighted by atomic mass is 35.5. The summed E-state index contributed by atoms with van der Waals surface area (Å²) >= 11 is 7.28. The molecule has 1 aromatic heterocycles. The van der Waals surface area contributed by atoms with E-state index in [4.69, 9.17) is 11.6 Å². The number of amides is 2. The Balaban J connectivity index is 2.01. The largest absolute Gasteiger partial charge is 0.326 e. The van der Waals surface area contributed by atoms with Crippen molar-refractivity contribution in [3.63, 3.8) is 0 Å². The average molecular weight is 420 g/mol. The Morgan fingerprint density at radius 2 is 1.93 bits per heavy atom. The number of halogens is 1. The van der Waals surface area contributed by atoms with Gasteiger partial charge in [-0.1, -0.05) is 45.4 Å². The van der Waals surface area contributed by atoms with E-state index in [1.165, 1.54) is 18.0 Å². The smallest absolute Gasteiger partial charge is 0.239 e. The second-order valence-electron chi connectivity index (χ2n) is 7.68. The Morgan fingerprint density at radius 1 is 1.18 bits per heavy atom. The number of nitrogens with zero attached hydrogens (tertiary/aromatic N) is 1. The maximum Gasteiger partial charge on any atom is 0.239 e. The van der Waals surface area contributed by atoms with Crippen LogP contribution in [0.15, 0.2) is 47.5 Å². The number of rotatable bonds is 7. The van der Waals surface area contributed by atoms with Crippen LogP contribution in [0.4, 0.5) is 11.5 Å². The summed E-state index contributed by atoms with van der Waals surface area (Å²) < 4.78 is 0. The fraction of sp³-hybridized carbons (Fsp3) is 0.381. The summed E-state index contributed by atoms with van der Waals surface area (Å²) in [6.07, 6.45) is 2.60. The van der Waals surface area contributed by atoms with Gasteiger partial charge in [0, 0.05) is 23.2 Å². The van der Waals surface area contributed by atoms with Crippen molar-refractivity contribution in [1.82, 2.24) is 4.98 Å². The Bertz CT molecular complexity index is 819. The molecule has 5 nitrogen and oxygen atoms in total. The van der Waals surface area contributed by atoms with Crippen molar-refractivity contribution in [1.29, 1.82) is 0 Å². The number of aromatic nitrogens is 1. The Hall–Kier alpha value is -2.05. The second kappa shape index (κ2) is 9.94. The van der Waals surface area contributed by atoms with Crippen molar-refractivity contribution >= 4 is 46.7 Å². The number of hydrogen-bond acceptors (Lipinski definition) is 4. The van der Waals surface area contributed by atoms with E-state index in [2.05, 4.69) is 15.6 Å². The van der Waals surface area contributed by atoms with Gasteiger partial charge in [-0.25, -0.2) is 4.98 Å². The number of pyridine rings is 1. The van der Waals surface area contributed by atoms with Crippen LogP contribution in [0.3, 0.4) is 0 Å². The molecule has 1 atom stereocenters. The molecule has 1 aromatic carbocycles. The highest BCUT2D eigenvalue weighted by molar-refractivity contribution is 8.00. The van der Waals surface area contributed by atoms with E-state index in [1.807, 2.05) is 52.0 Å². The third-order valence-electron chi connectivity index (χ3n) is 3.73. The van der Waals surface area contributed by atoms with Gasteiger partial charge >= 0.3 is 0 Å². The van der Waals surface area contributed by atoms with E-state index < -0.39 is 0 Å². The van der Waals surface area contributed by atoms with Crippen LogP contribution >= 0.6 is 23.4 Å². The summed E-state index contributed by atoms with van der Waals surface area (Å²) in [6, 6.07) is 10.9. The first-order valence-corrected chi connectivity index (χ1v) is 10.4. The van der Waals surface area contributed by atoms with Crippen molar-refractivity contribution in [3.8, 4) is 0 Å². The molecule has 2 rings (SSSR count). The van der Waals surface area contributed by atoms with Crippen LogP contribution in [0.2, 0.25) is 5.02 Å². The van der Waals surface area contributed by atoms with Crippen LogP contribution < -0.4 is 10.6 Å². The lowest BCUT2D eigenvalue weighted by Gasteiger charge is -2.18. The van der Waals surface area contributed by atoms with E-state index in [0.717, 1.165) is 10.6 Å². The summed E-state index contributed by atoms with van der Waals surface area (Å²) in [7, 11) is 0. The molecule has 0 aliphatic rings. The van der Waals surface area contributed by atoms with Gasteiger partial charge < -0.3 is 10.6 Å². The highest BCUT2D eigenvalue weighted by Gasteiger charge is 2.19. The molecule has 1 unspecified atom stereocenters. The number of carbonyl (C=O) groups is 2. The summed E-state index contributed by atoms with van der Waals surface area (Å²) in [5.74, 6) is 0.328. The van der Waals surface area contributed by atoms with Gasteiger partial charge in [0.25, 0.3) is 0 Å². The zero-order valence-corrected chi connectivity index (χ0v) is 18.2. The van der Waals surface area contributed by atoms with E-state index in [0.29, 0.717) is 23.7 Å². The summed E-state index contributed by atoms with van der Waals surface area (Å²) in [6.45, 7) is 8.04. The van der Waals surface area contributed by atoms with Gasteiger partial charge in [-0.15, -0.1) is 11.8 Å². The third-order valence-corrected chi connectivity index (χ3v) is 5.31. The van der Waals surface area contributed by atoms with Crippen LogP contribution in [0.5, 0.6) is 0 Å². The molecule has 0 fully saturated rings. The van der Waals surface area contributed by atoms with Gasteiger partial charge in [0.1, 0.15) is 5.82 Å². The van der Waals surface area contributed by atoms with E-state index >= 15 is 0 Å². The van der Waals surface area contributed by atoms with Gasteiger partial charge in [0.05, 0.1) is 10.3 Å². The molecule has 0 saturated carbocycles. The summed E-state index contributed by atoms with van der Waals surface area (Å²) in [5, 5.41) is 5.98. The molecule has 7 heteroatoms. The normalized spacial score (nSPS) is 12.3. The summed E-state index contributed by atoms with van der Waals surface area (Å²) in [4.78, 5) is 29.7. The van der Waals surface area contributed by atoms with Gasteiger partial charge in [-0.2, -0.15) is 0 Å². The fourth-order valence-electron chi connectivity index (χ4n) is 2.48. The Morgan fingerprint density at radius 3 is 2.54 bits per heavy atom. The number of anilines is 2. The van der Waals surface area contributed by atoms with Crippen molar-refractivity contribution < 1.29 is 9.59 Å². The molecule has 150 valence electrons. The minimum absolute atomic E-state index is 0.0201. The monoisotopic (exact) mass is 419 g/mol. The molecule has 0 aliphatic carbocycles. The molecular weight excluding hydrogens is 394 g/mol. The molecule has 0 saturated heterocycles. The molecule has 2 aromatic rings. The minimum atomic E-state index is -0.280. The Kier molecular flexibility index (Phi) is 7.89.